The topological polar surface area (TPSA) is 3.24 Å². The van der Waals surface area contributed by atoms with Crippen LogP contribution in [-0.4, -0.2) is 34.4 Å². The summed E-state index contributed by atoms with van der Waals surface area (Å²) in [6.07, 6.45) is 7.59. The maximum absolute atomic E-state index is 3.05. The smallest absolute Gasteiger partial charge is 0.126 e. The summed E-state index contributed by atoms with van der Waals surface area (Å²) in [5.41, 5.74) is 1.43. The lowest BCUT2D eigenvalue weighted by Gasteiger charge is -2.59. The molecule has 1 heterocycles. The Morgan fingerprint density at radius 1 is 0.710 bits per heavy atom. The molecule has 0 aromatic heterocycles. The van der Waals surface area contributed by atoms with Gasteiger partial charge in [0.2, 0.25) is 0 Å². The van der Waals surface area contributed by atoms with Crippen LogP contribution in [0.1, 0.15) is 94.4 Å². The van der Waals surface area contributed by atoms with Crippen LogP contribution in [0.15, 0.2) is 0 Å². The van der Waals surface area contributed by atoms with E-state index in [-0.39, 0.29) is 11.1 Å². The van der Waals surface area contributed by atoms with Gasteiger partial charge in [0.05, 0.1) is 0 Å². The Morgan fingerprint density at radius 3 is 1.87 bits per heavy atom. The normalized spacial score (nSPS) is 46.1. The zero-order valence-electron chi connectivity index (χ0n) is 22.7. The number of rotatable bonds is 2. The maximum Gasteiger partial charge on any atom is 0.126 e. The van der Waals surface area contributed by atoms with Crippen molar-refractivity contribution < 1.29 is 0 Å². The highest BCUT2D eigenvalue weighted by molar-refractivity contribution is 8.00. The molecule has 4 fully saturated rings. The van der Waals surface area contributed by atoms with Crippen LogP contribution in [0.25, 0.3) is 0 Å². The molecule has 10 atom stereocenters. The van der Waals surface area contributed by atoms with Crippen molar-refractivity contribution in [2.24, 2.45) is 41.4 Å². The van der Waals surface area contributed by atoms with E-state index in [0.717, 1.165) is 57.5 Å². The van der Waals surface area contributed by atoms with E-state index < -0.39 is 8.24 Å². The molecule has 3 heteroatoms. The Morgan fingerprint density at radius 2 is 1.29 bits per heavy atom. The first-order valence-electron chi connectivity index (χ1n) is 13.6. The molecule has 1 saturated heterocycles. The molecule has 0 spiro atoms. The highest BCUT2D eigenvalue weighted by atomic mass is 32.2. The molecule has 180 valence electrons. The second-order valence-corrected chi connectivity index (χ2v) is 20.8. The molecule has 3 saturated carbocycles. The van der Waals surface area contributed by atoms with Gasteiger partial charge < -0.3 is 4.57 Å². The van der Waals surface area contributed by atoms with Gasteiger partial charge in [-0.25, -0.2) is 0 Å². The van der Waals surface area contributed by atoms with Crippen molar-refractivity contribution in [3.05, 3.63) is 0 Å². The van der Waals surface area contributed by atoms with Crippen molar-refractivity contribution in [3.8, 4) is 0 Å². The van der Waals surface area contributed by atoms with Crippen LogP contribution in [0, 0.1) is 41.4 Å². The zero-order chi connectivity index (χ0) is 23.1. The van der Waals surface area contributed by atoms with Crippen LogP contribution in [-0.2, 0) is 0 Å². The van der Waals surface area contributed by atoms with E-state index >= 15 is 0 Å². The fourth-order valence-electron chi connectivity index (χ4n) is 10.3. The summed E-state index contributed by atoms with van der Waals surface area (Å²) in [4.78, 5) is 0. The van der Waals surface area contributed by atoms with Gasteiger partial charge in [-0.3, -0.25) is 0 Å². The molecule has 0 amide bonds. The largest absolute Gasteiger partial charge is 0.314 e. The standard InChI is InChI=1S/C28H53NSSi/c1-17-15-21-23(16-18(17)2)30-22-13-12-20-14-19(3)26(24(20)25(21)22)31(10,11)29(27(4,5)6)28(7,8)9/h17-26H,12-16H2,1-11H3. The van der Waals surface area contributed by atoms with E-state index in [1.807, 2.05) is 0 Å². The second-order valence-electron chi connectivity index (χ2n) is 14.9. The average molecular weight is 464 g/mol. The molecule has 1 nitrogen and oxygen atoms in total. The average Bonchev–Trinajstić information content (AvgIpc) is 3.08. The molecule has 0 radical (unpaired) electrons. The Balaban J connectivity index is 1.72. The fourth-order valence-corrected chi connectivity index (χ4v) is 19.2. The minimum Gasteiger partial charge on any atom is -0.314 e. The molecule has 10 unspecified atom stereocenters. The van der Waals surface area contributed by atoms with Crippen molar-refractivity contribution in [2.75, 3.05) is 0 Å². The predicted octanol–water partition coefficient (Wildman–Crippen LogP) is 8.31. The first-order chi connectivity index (χ1) is 14.1. The Kier molecular flexibility index (Phi) is 6.39. The van der Waals surface area contributed by atoms with Gasteiger partial charge >= 0.3 is 0 Å². The van der Waals surface area contributed by atoms with Gasteiger partial charge in [0.15, 0.2) is 0 Å². The fraction of sp³-hybridized carbons (Fsp3) is 1.00. The Labute approximate surface area is 200 Å². The number of fused-ring (bicyclic) bond motifs is 5. The highest BCUT2D eigenvalue weighted by Crippen LogP contribution is 2.67. The van der Waals surface area contributed by atoms with Crippen molar-refractivity contribution in [1.29, 1.82) is 0 Å². The molecule has 4 aliphatic rings. The first-order valence-corrected chi connectivity index (χ1v) is 17.6. The van der Waals surface area contributed by atoms with E-state index in [4.69, 9.17) is 0 Å². The molecule has 3 aliphatic carbocycles. The molecule has 0 bridgehead atoms. The van der Waals surface area contributed by atoms with Crippen LogP contribution in [0.3, 0.4) is 0 Å². The van der Waals surface area contributed by atoms with Gasteiger partial charge in [0.25, 0.3) is 0 Å². The van der Waals surface area contributed by atoms with E-state index in [1.165, 1.54) is 32.1 Å². The highest BCUT2D eigenvalue weighted by Gasteiger charge is 2.62. The summed E-state index contributed by atoms with van der Waals surface area (Å²) in [5, 5.41) is 1.95. The summed E-state index contributed by atoms with van der Waals surface area (Å²) in [5.74, 6) is 6.84. The summed E-state index contributed by atoms with van der Waals surface area (Å²) in [6.45, 7) is 28.2. The first kappa shape index (κ1) is 24.6. The van der Waals surface area contributed by atoms with Gasteiger partial charge in [-0.2, -0.15) is 11.8 Å². The summed E-state index contributed by atoms with van der Waals surface area (Å²) in [7, 11) is -1.66. The van der Waals surface area contributed by atoms with Crippen molar-refractivity contribution in [2.45, 2.75) is 135 Å². The third-order valence-corrected chi connectivity index (χ3v) is 17.1. The van der Waals surface area contributed by atoms with Gasteiger partial charge in [-0.15, -0.1) is 0 Å². The summed E-state index contributed by atoms with van der Waals surface area (Å²) >= 11 is 2.47. The minimum atomic E-state index is -1.66. The quantitative estimate of drug-likeness (QED) is 0.379. The summed E-state index contributed by atoms with van der Waals surface area (Å²) in [6, 6.07) is 0. The lowest BCUT2D eigenvalue weighted by molar-refractivity contribution is 0.0820. The number of hydrogen-bond donors (Lipinski definition) is 0. The molecule has 0 aromatic carbocycles. The van der Waals surface area contributed by atoms with Crippen molar-refractivity contribution >= 4 is 20.0 Å². The molecule has 0 aromatic rings. The third kappa shape index (κ3) is 4.13. The molecular weight excluding hydrogens is 410 g/mol. The van der Waals surface area contributed by atoms with Gasteiger partial charge in [-0.1, -0.05) is 33.9 Å². The maximum atomic E-state index is 3.05. The Bertz CT molecular complexity index is 647. The lowest BCUT2D eigenvalue weighted by atomic mass is 9.62. The van der Waals surface area contributed by atoms with E-state index in [1.54, 1.807) is 0 Å². The SMILES string of the molecule is CC1CC2SC3CCC4CC(C)C([Si](C)(C)N(C(C)(C)C)C(C)(C)C)C4C3C2CC1C. The minimum absolute atomic E-state index is 0.238. The van der Waals surface area contributed by atoms with E-state index in [2.05, 4.69) is 91.7 Å². The summed E-state index contributed by atoms with van der Waals surface area (Å²) < 4.78 is 3.05. The number of hydrogen-bond acceptors (Lipinski definition) is 2. The number of thioether (sulfide) groups is 1. The van der Waals surface area contributed by atoms with Crippen molar-refractivity contribution in [1.82, 2.24) is 4.57 Å². The molecular formula is C28H53NSSi. The third-order valence-electron chi connectivity index (χ3n) is 10.2. The second kappa shape index (κ2) is 8.04. The number of nitrogens with zero attached hydrogens (tertiary/aromatic N) is 1. The van der Waals surface area contributed by atoms with Crippen LogP contribution in [0.4, 0.5) is 0 Å². The monoisotopic (exact) mass is 463 g/mol. The van der Waals surface area contributed by atoms with Crippen LogP contribution < -0.4 is 0 Å². The molecule has 0 N–H and O–H groups in total. The van der Waals surface area contributed by atoms with Crippen molar-refractivity contribution in [3.63, 3.8) is 0 Å². The lowest BCUT2D eigenvalue weighted by Crippen LogP contribution is -2.68. The van der Waals surface area contributed by atoms with E-state index in [9.17, 15) is 0 Å². The van der Waals surface area contributed by atoms with E-state index in [0.29, 0.717) is 0 Å². The predicted molar refractivity (Wildman–Crippen MR) is 142 cm³/mol. The molecule has 31 heavy (non-hydrogen) atoms. The van der Waals surface area contributed by atoms with Crippen LogP contribution in [0.5, 0.6) is 0 Å². The Hall–Kier alpha value is 0.527. The molecule has 4 rings (SSSR count). The zero-order valence-corrected chi connectivity index (χ0v) is 24.5. The molecule has 1 aliphatic heterocycles. The van der Waals surface area contributed by atoms with Gasteiger partial charge in [0, 0.05) is 21.6 Å². The van der Waals surface area contributed by atoms with Crippen LogP contribution >= 0.6 is 11.8 Å². The van der Waals surface area contributed by atoms with Gasteiger partial charge in [-0.05, 0) is 121 Å². The van der Waals surface area contributed by atoms with Gasteiger partial charge in [0.1, 0.15) is 8.24 Å². The van der Waals surface area contributed by atoms with Crippen LogP contribution in [0.2, 0.25) is 18.6 Å².